The highest BCUT2D eigenvalue weighted by Gasteiger charge is 2.24. The van der Waals surface area contributed by atoms with Gasteiger partial charge in [-0.05, 0) is 31.6 Å². The lowest BCUT2D eigenvalue weighted by atomic mass is 9.85. The van der Waals surface area contributed by atoms with Crippen molar-refractivity contribution in [2.45, 2.75) is 64.8 Å². The first kappa shape index (κ1) is 14.5. The molecule has 0 aliphatic heterocycles. The van der Waals surface area contributed by atoms with Crippen LogP contribution in [0.1, 0.15) is 58.8 Å². The Kier molecular flexibility index (Phi) is 6.56. The van der Waals surface area contributed by atoms with Crippen molar-refractivity contribution in [1.82, 2.24) is 5.32 Å². The van der Waals surface area contributed by atoms with Gasteiger partial charge in [0.2, 0.25) is 5.91 Å². The average molecular weight is 240 g/mol. The van der Waals surface area contributed by atoms with Gasteiger partial charge in [0, 0.05) is 18.5 Å². The van der Waals surface area contributed by atoms with Crippen molar-refractivity contribution in [3.05, 3.63) is 0 Å². The third-order valence-corrected chi connectivity index (χ3v) is 3.59. The van der Waals surface area contributed by atoms with Crippen LogP contribution in [0.5, 0.6) is 0 Å². The molecular weight excluding hydrogens is 212 g/mol. The number of rotatable bonds is 6. The zero-order valence-electron chi connectivity index (χ0n) is 11.4. The van der Waals surface area contributed by atoms with Crippen molar-refractivity contribution in [1.29, 1.82) is 0 Å². The summed E-state index contributed by atoms with van der Waals surface area (Å²) >= 11 is 0. The standard InChI is InChI=1S/C14H28N2O/c1-11(2)6-3-4-9-16-14(17)12-7-5-8-13(15)10-12/h11-13H,3-10,15H2,1-2H3,(H,16,17). The van der Waals surface area contributed by atoms with Crippen molar-refractivity contribution < 1.29 is 4.79 Å². The summed E-state index contributed by atoms with van der Waals surface area (Å²) in [6.07, 6.45) is 7.64. The maximum absolute atomic E-state index is 11.9. The first-order valence-electron chi connectivity index (χ1n) is 7.13. The summed E-state index contributed by atoms with van der Waals surface area (Å²) in [5.74, 6) is 1.16. The molecule has 2 unspecified atom stereocenters. The molecule has 3 nitrogen and oxygen atoms in total. The number of hydrogen-bond acceptors (Lipinski definition) is 2. The van der Waals surface area contributed by atoms with Crippen molar-refractivity contribution in [2.24, 2.45) is 17.6 Å². The topological polar surface area (TPSA) is 55.1 Å². The van der Waals surface area contributed by atoms with Crippen LogP contribution in [0, 0.1) is 11.8 Å². The van der Waals surface area contributed by atoms with E-state index >= 15 is 0 Å². The lowest BCUT2D eigenvalue weighted by molar-refractivity contribution is -0.126. The molecule has 1 aliphatic rings. The summed E-state index contributed by atoms with van der Waals surface area (Å²) in [6.45, 7) is 5.31. The molecule has 1 amide bonds. The van der Waals surface area contributed by atoms with Crippen molar-refractivity contribution >= 4 is 5.91 Å². The minimum Gasteiger partial charge on any atom is -0.356 e. The largest absolute Gasteiger partial charge is 0.356 e. The Hall–Kier alpha value is -0.570. The quantitative estimate of drug-likeness (QED) is 0.701. The van der Waals surface area contributed by atoms with Crippen LogP contribution in [0.15, 0.2) is 0 Å². The Morgan fingerprint density at radius 1 is 1.35 bits per heavy atom. The second kappa shape index (κ2) is 7.70. The van der Waals surface area contributed by atoms with Gasteiger partial charge in [-0.25, -0.2) is 0 Å². The number of hydrogen-bond donors (Lipinski definition) is 2. The molecule has 2 atom stereocenters. The minimum absolute atomic E-state index is 0.170. The molecule has 0 aromatic heterocycles. The molecule has 1 saturated carbocycles. The fraction of sp³-hybridized carbons (Fsp3) is 0.929. The van der Waals surface area contributed by atoms with Crippen LogP contribution in [-0.2, 0) is 4.79 Å². The molecular formula is C14H28N2O. The molecule has 1 aliphatic carbocycles. The second-order valence-electron chi connectivity index (χ2n) is 5.80. The molecule has 1 fully saturated rings. The van der Waals surface area contributed by atoms with E-state index in [2.05, 4.69) is 19.2 Å². The molecule has 0 aromatic carbocycles. The van der Waals surface area contributed by atoms with E-state index in [1.54, 1.807) is 0 Å². The fourth-order valence-corrected chi connectivity index (χ4v) is 2.50. The van der Waals surface area contributed by atoms with Crippen molar-refractivity contribution in [2.75, 3.05) is 6.54 Å². The van der Waals surface area contributed by atoms with Gasteiger partial charge in [-0.3, -0.25) is 4.79 Å². The first-order valence-corrected chi connectivity index (χ1v) is 7.13. The zero-order chi connectivity index (χ0) is 12.7. The fourth-order valence-electron chi connectivity index (χ4n) is 2.50. The summed E-state index contributed by atoms with van der Waals surface area (Å²) in [7, 11) is 0. The second-order valence-corrected chi connectivity index (χ2v) is 5.80. The zero-order valence-corrected chi connectivity index (χ0v) is 11.4. The monoisotopic (exact) mass is 240 g/mol. The number of nitrogens with one attached hydrogen (secondary N) is 1. The van der Waals surface area contributed by atoms with Gasteiger partial charge in [0.25, 0.3) is 0 Å². The summed E-state index contributed by atoms with van der Waals surface area (Å²) in [5, 5.41) is 3.05. The molecule has 17 heavy (non-hydrogen) atoms. The van der Waals surface area contributed by atoms with E-state index < -0.39 is 0 Å². The first-order chi connectivity index (χ1) is 8.09. The molecule has 0 heterocycles. The minimum atomic E-state index is 0.170. The van der Waals surface area contributed by atoms with Crippen LogP contribution in [0.3, 0.4) is 0 Å². The number of amides is 1. The molecule has 0 bridgehead atoms. The molecule has 0 radical (unpaired) electrons. The highest BCUT2D eigenvalue weighted by atomic mass is 16.1. The number of nitrogens with two attached hydrogens (primary N) is 1. The normalized spacial score (nSPS) is 24.9. The van der Waals surface area contributed by atoms with Gasteiger partial charge in [0.05, 0.1) is 0 Å². The smallest absolute Gasteiger partial charge is 0.223 e. The van der Waals surface area contributed by atoms with Crippen LogP contribution in [0.25, 0.3) is 0 Å². The summed E-state index contributed by atoms with van der Waals surface area (Å²) < 4.78 is 0. The van der Waals surface area contributed by atoms with E-state index in [0.29, 0.717) is 0 Å². The Labute approximate surface area is 106 Å². The van der Waals surface area contributed by atoms with Crippen LogP contribution in [0.2, 0.25) is 0 Å². The Bertz CT molecular complexity index is 228. The van der Waals surface area contributed by atoms with Crippen LogP contribution in [0.4, 0.5) is 0 Å². The third kappa shape index (κ3) is 6.06. The van der Waals surface area contributed by atoms with Crippen LogP contribution < -0.4 is 11.1 Å². The molecule has 0 saturated heterocycles. The number of unbranched alkanes of at least 4 members (excludes halogenated alkanes) is 1. The molecule has 1 rings (SSSR count). The maximum Gasteiger partial charge on any atom is 0.223 e. The van der Waals surface area contributed by atoms with Gasteiger partial charge in [-0.1, -0.05) is 33.1 Å². The molecule has 100 valence electrons. The maximum atomic E-state index is 11.9. The van der Waals surface area contributed by atoms with E-state index in [-0.39, 0.29) is 17.9 Å². The van der Waals surface area contributed by atoms with Gasteiger partial charge in [0.1, 0.15) is 0 Å². The average Bonchev–Trinajstić information content (AvgIpc) is 2.28. The summed E-state index contributed by atoms with van der Waals surface area (Å²) in [6, 6.07) is 0.237. The molecule has 3 heteroatoms. The number of carbonyl (C=O) groups is 1. The van der Waals surface area contributed by atoms with Gasteiger partial charge >= 0.3 is 0 Å². The highest BCUT2D eigenvalue weighted by molar-refractivity contribution is 5.78. The van der Waals surface area contributed by atoms with Crippen molar-refractivity contribution in [3.8, 4) is 0 Å². The van der Waals surface area contributed by atoms with Gasteiger partial charge in [-0.15, -0.1) is 0 Å². The Balaban J connectivity index is 2.08. The summed E-state index contributed by atoms with van der Waals surface area (Å²) in [5.41, 5.74) is 5.89. The van der Waals surface area contributed by atoms with Gasteiger partial charge < -0.3 is 11.1 Å². The van der Waals surface area contributed by atoms with E-state index in [9.17, 15) is 4.79 Å². The predicted molar refractivity (Wildman–Crippen MR) is 71.6 cm³/mol. The van der Waals surface area contributed by atoms with E-state index in [1.165, 1.54) is 12.8 Å². The molecule has 3 N–H and O–H groups in total. The third-order valence-electron chi connectivity index (χ3n) is 3.59. The number of carbonyl (C=O) groups excluding carboxylic acids is 1. The highest BCUT2D eigenvalue weighted by Crippen LogP contribution is 2.23. The van der Waals surface area contributed by atoms with E-state index in [0.717, 1.165) is 44.6 Å². The Morgan fingerprint density at radius 3 is 2.76 bits per heavy atom. The van der Waals surface area contributed by atoms with Gasteiger partial charge in [-0.2, -0.15) is 0 Å². The lowest BCUT2D eigenvalue weighted by Gasteiger charge is -2.25. The van der Waals surface area contributed by atoms with E-state index in [1.807, 2.05) is 0 Å². The van der Waals surface area contributed by atoms with Crippen LogP contribution in [-0.4, -0.2) is 18.5 Å². The molecule has 0 aromatic rings. The molecule has 0 spiro atoms. The lowest BCUT2D eigenvalue weighted by Crippen LogP contribution is -2.38. The van der Waals surface area contributed by atoms with E-state index in [4.69, 9.17) is 5.73 Å². The SMILES string of the molecule is CC(C)CCCCNC(=O)C1CCCC(N)C1. The summed E-state index contributed by atoms with van der Waals surface area (Å²) in [4.78, 5) is 11.9. The Morgan fingerprint density at radius 2 is 2.12 bits per heavy atom. The van der Waals surface area contributed by atoms with Gasteiger partial charge in [0.15, 0.2) is 0 Å². The predicted octanol–water partition coefficient (Wildman–Crippen LogP) is 2.45. The van der Waals surface area contributed by atoms with Crippen LogP contribution >= 0.6 is 0 Å². The van der Waals surface area contributed by atoms with Crippen molar-refractivity contribution in [3.63, 3.8) is 0 Å².